The van der Waals surface area contributed by atoms with Gasteiger partial charge in [-0.1, -0.05) is 0 Å². The first-order valence-corrected chi connectivity index (χ1v) is 5.29. The Kier molecular flexibility index (Phi) is 4.90. The lowest BCUT2D eigenvalue weighted by Crippen LogP contribution is -2.19. The second-order valence-corrected chi connectivity index (χ2v) is 3.24. The zero-order chi connectivity index (χ0) is 13.5. The van der Waals surface area contributed by atoms with Crippen LogP contribution in [0.4, 0.5) is 0 Å². The van der Waals surface area contributed by atoms with Crippen molar-refractivity contribution in [3.63, 3.8) is 0 Å². The fourth-order valence-electron chi connectivity index (χ4n) is 1.40. The molecule has 6 nitrogen and oxygen atoms in total. The highest BCUT2D eigenvalue weighted by Gasteiger charge is 2.25. The van der Waals surface area contributed by atoms with Crippen LogP contribution in [0.2, 0.25) is 0 Å². The summed E-state index contributed by atoms with van der Waals surface area (Å²) in [4.78, 5) is 14.5. The molecule has 0 radical (unpaired) electrons. The van der Waals surface area contributed by atoms with Crippen molar-refractivity contribution in [2.75, 3.05) is 20.8 Å². The average Bonchev–Trinajstić information content (AvgIpc) is 2.39. The van der Waals surface area contributed by atoms with Gasteiger partial charge in [-0.05, 0) is 25.1 Å². The summed E-state index contributed by atoms with van der Waals surface area (Å²) in [6.45, 7) is 1.87. The molecule has 0 saturated heterocycles. The monoisotopic (exact) mass is 250 g/mol. The molecule has 6 heteroatoms. The van der Waals surface area contributed by atoms with E-state index in [1.807, 2.05) is 0 Å². The minimum atomic E-state index is -0.702. The van der Waals surface area contributed by atoms with Gasteiger partial charge in [0, 0.05) is 0 Å². The summed E-state index contributed by atoms with van der Waals surface area (Å²) in [5.74, 6) is 0.245. The van der Waals surface area contributed by atoms with E-state index >= 15 is 0 Å². The van der Waals surface area contributed by atoms with Crippen molar-refractivity contribution in [2.45, 2.75) is 6.92 Å². The Bertz CT molecular complexity index is 493. The summed E-state index contributed by atoms with van der Waals surface area (Å²) in [6, 6.07) is 4.72. The molecule has 0 bridgehead atoms. The van der Waals surface area contributed by atoms with Crippen molar-refractivity contribution >= 4 is 11.7 Å². The van der Waals surface area contributed by atoms with Crippen molar-refractivity contribution in [1.82, 2.24) is 0 Å². The van der Waals surface area contributed by atoms with E-state index < -0.39 is 5.97 Å². The van der Waals surface area contributed by atoms with Gasteiger partial charge in [-0.15, -0.1) is 0 Å². The maximum atomic E-state index is 11.5. The van der Waals surface area contributed by atoms with E-state index in [2.05, 4.69) is 4.79 Å². The van der Waals surface area contributed by atoms with Crippen LogP contribution in [0, 0.1) is 0 Å². The summed E-state index contributed by atoms with van der Waals surface area (Å²) >= 11 is 0. The van der Waals surface area contributed by atoms with E-state index in [1.54, 1.807) is 19.1 Å². The smallest absolute Gasteiger partial charge is 0.422 e. The second-order valence-electron chi connectivity index (χ2n) is 3.24. The number of esters is 1. The van der Waals surface area contributed by atoms with Crippen LogP contribution < -0.4 is 9.47 Å². The topological polar surface area (TPSA) is 81.2 Å². The first kappa shape index (κ1) is 13.7. The summed E-state index contributed by atoms with van der Waals surface area (Å²) in [5.41, 5.74) is 9.08. The third-order valence-electron chi connectivity index (χ3n) is 2.23. The van der Waals surface area contributed by atoms with Crippen LogP contribution in [0.1, 0.15) is 12.5 Å². The van der Waals surface area contributed by atoms with Gasteiger partial charge in [0.1, 0.15) is 0 Å². The summed E-state index contributed by atoms with van der Waals surface area (Å²) in [7, 11) is 2.98. The fourth-order valence-corrected chi connectivity index (χ4v) is 1.40. The van der Waals surface area contributed by atoms with Gasteiger partial charge in [-0.2, -0.15) is 4.79 Å². The lowest BCUT2D eigenvalue weighted by Gasteiger charge is -2.07. The number of ether oxygens (including phenoxy) is 3. The van der Waals surface area contributed by atoms with Gasteiger partial charge in [0.2, 0.25) is 0 Å². The SMILES string of the molecule is CCOC(=O)C(=[N+]=[N-])c1ccc(OC)c(OC)c1. The van der Waals surface area contributed by atoms with E-state index in [0.29, 0.717) is 17.1 Å². The van der Waals surface area contributed by atoms with Gasteiger partial charge in [0.15, 0.2) is 11.5 Å². The predicted molar refractivity (Wildman–Crippen MR) is 63.9 cm³/mol. The Morgan fingerprint density at radius 1 is 1.28 bits per heavy atom. The zero-order valence-electron chi connectivity index (χ0n) is 10.5. The van der Waals surface area contributed by atoms with E-state index in [0.717, 1.165) is 0 Å². The molecule has 0 spiro atoms. The molecule has 1 aromatic rings. The quantitative estimate of drug-likeness (QED) is 0.341. The minimum absolute atomic E-state index is 0.183. The molecule has 1 aromatic carbocycles. The van der Waals surface area contributed by atoms with Gasteiger partial charge in [-0.3, -0.25) is 0 Å². The summed E-state index contributed by atoms with van der Waals surface area (Å²) < 4.78 is 14.9. The molecule has 0 aromatic heterocycles. The number of nitrogens with zero attached hydrogens (tertiary/aromatic N) is 2. The molecule has 0 aliphatic rings. The van der Waals surface area contributed by atoms with Gasteiger partial charge in [0.25, 0.3) is 0 Å². The largest absolute Gasteiger partial charge is 0.493 e. The standard InChI is InChI=1S/C12H14N2O4/c1-4-18-12(15)11(14-13)8-5-6-9(16-2)10(7-8)17-3/h5-7H,4H2,1-3H3. The highest BCUT2D eigenvalue weighted by atomic mass is 16.5. The van der Waals surface area contributed by atoms with Crippen molar-refractivity contribution in [1.29, 1.82) is 0 Å². The predicted octanol–water partition coefficient (Wildman–Crippen LogP) is 1.29. The number of methoxy groups -OCH3 is 2. The van der Waals surface area contributed by atoms with E-state index in [9.17, 15) is 4.79 Å². The third kappa shape index (κ3) is 2.87. The molecular weight excluding hydrogens is 236 g/mol. The first-order chi connectivity index (χ1) is 8.67. The van der Waals surface area contributed by atoms with E-state index in [4.69, 9.17) is 19.7 Å². The molecule has 96 valence electrons. The number of carbonyl (C=O) groups excluding carboxylic acids is 1. The van der Waals surface area contributed by atoms with Crippen LogP contribution in [0.15, 0.2) is 18.2 Å². The molecule has 0 unspecified atom stereocenters. The molecule has 0 aliphatic heterocycles. The molecule has 0 saturated carbocycles. The zero-order valence-corrected chi connectivity index (χ0v) is 10.5. The highest BCUT2D eigenvalue weighted by Crippen LogP contribution is 2.27. The van der Waals surface area contributed by atoms with Gasteiger partial charge < -0.3 is 19.7 Å². The fraction of sp³-hybridized carbons (Fsp3) is 0.333. The van der Waals surface area contributed by atoms with Crippen molar-refractivity contribution < 1.29 is 23.8 Å². The van der Waals surface area contributed by atoms with Crippen LogP contribution in [-0.2, 0) is 9.53 Å². The van der Waals surface area contributed by atoms with Gasteiger partial charge in [-0.25, -0.2) is 4.79 Å². The van der Waals surface area contributed by atoms with E-state index in [-0.39, 0.29) is 12.3 Å². The van der Waals surface area contributed by atoms with Crippen molar-refractivity contribution in [3.05, 3.63) is 29.3 Å². The first-order valence-electron chi connectivity index (χ1n) is 5.29. The number of hydrogen-bond donors (Lipinski definition) is 0. The Hall–Kier alpha value is -2.33. The maximum absolute atomic E-state index is 11.5. The highest BCUT2D eigenvalue weighted by molar-refractivity contribution is 6.40. The summed E-state index contributed by atoms with van der Waals surface area (Å²) in [5, 5.41) is 0. The lowest BCUT2D eigenvalue weighted by atomic mass is 10.1. The van der Waals surface area contributed by atoms with Gasteiger partial charge >= 0.3 is 11.7 Å². The normalized spacial score (nSPS) is 9.28. The van der Waals surface area contributed by atoms with Crippen LogP contribution >= 0.6 is 0 Å². The number of rotatable bonds is 5. The van der Waals surface area contributed by atoms with Crippen molar-refractivity contribution in [3.8, 4) is 11.5 Å². The van der Waals surface area contributed by atoms with Crippen LogP contribution in [0.25, 0.3) is 5.53 Å². The Morgan fingerprint density at radius 2 is 1.94 bits per heavy atom. The van der Waals surface area contributed by atoms with Crippen LogP contribution in [-0.4, -0.2) is 37.3 Å². The van der Waals surface area contributed by atoms with Gasteiger partial charge in [0.05, 0.1) is 26.4 Å². The van der Waals surface area contributed by atoms with Crippen molar-refractivity contribution in [2.24, 2.45) is 0 Å². The number of hydrogen-bond acceptors (Lipinski definition) is 4. The number of benzene rings is 1. The minimum Gasteiger partial charge on any atom is -0.493 e. The molecule has 1 rings (SSSR count). The second kappa shape index (κ2) is 6.42. The molecule has 0 aliphatic carbocycles. The summed E-state index contributed by atoms with van der Waals surface area (Å²) in [6.07, 6.45) is 0. The Morgan fingerprint density at radius 3 is 2.44 bits per heavy atom. The molecular formula is C12H14N2O4. The third-order valence-corrected chi connectivity index (χ3v) is 2.23. The molecule has 0 heterocycles. The molecule has 0 atom stereocenters. The molecule has 0 fully saturated rings. The Balaban J connectivity index is 3.16. The molecule has 0 amide bonds. The molecule has 18 heavy (non-hydrogen) atoms. The number of carbonyl (C=O) groups is 1. The Labute approximate surface area is 105 Å². The van der Waals surface area contributed by atoms with Crippen LogP contribution in [0.3, 0.4) is 0 Å². The van der Waals surface area contributed by atoms with E-state index in [1.165, 1.54) is 20.3 Å². The van der Waals surface area contributed by atoms with Crippen LogP contribution in [0.5, 0.6) is 11.5 Å². The lowest BCUT2D eigenvalue weighted by molar-refractivity contribution is -0.139. The average molecular weight is 250 g/mol. The maximum Gasteiger partial charge on any atom is 0.422 e. The molecule has 0 N–H and O–H groups in total.